The smallest absolute Gasteiger partial charge is 0.253 e. The second kappa shape index (κ2) is 8.78. The molecule has 2 heterocycles. The molecule has 1 amide bonds. The van der Waals surface area contributed by atoms with Crippen LogP contribution in [0, 0.1) is 0 Å². The maximum absolute atomic E-state index is 12.9. The molecule has 2 aliphatic rings. The number of rotatable bonds is 5. The van der Waals surface area contributed by atoms with Crippen LogP contribution in [0.15, 0.2) is 59.5 Å². The van der Waals surface area contributed by atoms with Gasteiger partial charge in [-0.25, -0.2) is 8.42 Å². The van der Waals surface area contributed by atoms with E-state index < -0.39 is 15.1 Å². The number of benzene rings is 2. The second-order valence-electron chi connectivity index (χ2n) is 7.99. The molecule has 1 atom stereocenters. The summed E-state index contributed by atoms with van der Waals surface area (Å²) < 4.78 is 31.1. The van der Waals surface area contributed by atoms with Crippen molar-refractivity contribution in [2.45, 2.75) is 35.5 Å². The molecule has 0 bridgehead atoms. The number of hydrogen-bond donors (Lipinski definition) is 0. The van der Waals surface area contributed by atoms with Crippen LogP contribution >= 0.6 is 0 Å². The summed E-state index contributed by atoms with van der Waals surface area (Å²) in [5.74, 6) is -0.0340. The van der Waals surface area contributed by atoms with Gasteiger partial charge in [-0.2, -0.15) is 0 Å². The maximum Gasteiger partial charge on any atom is 0.253 e. The van der Waals surface area contributed by atoms with Gasteiger partial charge in [-0.3, -0.25) is 4.79 Å². The van der Waals surface area contributed by atoms with Crippen LogP contribution in [0.4, 0.5) is 5.69 Å². The molecule has 0 aromatic heterocycles. The van der Waals surface area contributed by atoms with Crippen molar-refractivity contribution >= 4 is 21.4 Å². The highest BCUT2D eigenvalue weighted by Crippen LogP contribution is 2.26. The Morgan fingerprint density at radius 3 is 2.20 bits per heavy atom. The Labute approximate surface area is 178 Å². The number of carbonyl (C=O) groups is 1. The SMILES string of the molecule is CO[C@H]1CCN(c2ccc(C(=O)N3CCC(S(=O)(=O)c4ccccc4)CC3)cc2)C1. The number of carbonyl (C=O) groups excluding carboxylic acids is 1. The van der Waals surface area contributed by atoms with Crippen molar-refractivity contribution in [3.8, 4) is 0 Å². The number of sulfone groups is 1. The Kier molecular flexibility index (Phi) is 6.11. The zero-order valence-corrected chi connectivity index (χ0v) is 18.1. The van der Waals surface area contributed by atoms with Gasteiger partial charge in [-0.05, 0) is 55.7 Å². The number of anilines is 1. The third kappa shape index (κ3) is 4.23. The molecule has 0 saturated carbocycles. The minimum absolute atomic E-state index is 0.0340. The lowest BCUT2D eigenvalue weighted by molar-refractivity contribution is 0.0725. The highest BCUT2D eigenvalue weighted by atomic mass is 32.2. The number of nitrogens with zero attached hydrogens (tertiary/aromatic N) is 2. The number of amides is 1. The van der Waals surface area contributed by atoms with Gasteiger partial charge in [0.1, 0.15) is 0 Å². The van der Waals surface area contributed by atoms with Crippen molar-refractivity contribution in [3.05, 3.63) is 60.2 Å². The molecule has 30 heavy (non-hydrogen) atoms. The van der Waals surface area contributed by atoms with Gasteiger partial charge < -0.3 is 14.5 Å². The molecule has 2 fully saturated rings. The lowest BCUT2D eigenvalue weighted by Crippen LogP contribution is -2.42. The predicted molar refractivity (Wildman–Crippen MR) is 117 cm³/mol. The average molecular weight is 429 g/mol. The van der Waals surface area contributed by atoms with Crippen LogP contribution in [0.1, 0.15) is 29.6 Å². The number of piperidine rings is 1. The minimum atomic E-state index is -3.35. The molecule has 7 heteroatoms. The van der Waals surface area contributed by atoms with E-state index in [-0.39, 0.29) is 12.0 Å². The molecule has 2 aromatic rings. The Hall–Kier alpha value is -2.38. The Morgan fingerprint density at radius 2 is 1.60 bits per heavy atom. The lowest BCUT2D eigenvalue weighted by Gasteiger charge is -2.32. The quantitative estimate of drug-likeness (QED) is 0.733. The molecule has 0 radical (unpaired) electrons. The summed E-state index contributed by atoms with van der Waals surface area (Å²) in [6, 6.07) is 16.3. The first-order valence-electron chi connectivity index (χ1n) is 10.4. The summed E-state index contributed by atoms with van der Waals surface area (Å²) in [5.41, 5.74) is 1.74. The van der Waals surface area contributed by atoms with E-state index in [1.54, 1.807) is 36.3 Å². The minimum Gasteiger partial charge on any atom is -0.380 e. The van der Waals surface area contributed by atoms with E-state index in [2.05, 4.69) is 4.90 Å². The van der Waals surface area contributed by atoms with Crippen molar-refractivity contribution in [2.75, 3.05) is 38.2 Å². The number of ether oxygens (including phenoxy) is 1. The van der Waals surface area contributed by atoms with Crippen LogP contribution in [-0.2, 0) is 14.6 Å². The Balaban J connectivity index is 1.36. The molecule has 0 N–H and O–H groups in total. The third-order valence-electron chi connectivity index (χ3n) is 6.20. The molecule has 0 aliphatic carbocycles. The van der Waals surface area contributed by atoms with Crippen LogP contribution in [-0.4, -0.2) is 63.9 Å². The summed E-state index contributed by atoms with van der Waals surface area (Å²) in [7, 11) is -1.61. The molecule has 2 saturated heterocycles. The number of hydrogen-bond acceptors (Lipinski definition) is 5. The van der Waals surface area contributed by atoms with Crippen LogP contribution in [0.5, 0.6) is 0 Å². The molecule has 0 spiro atoms. The lowest BCUT2D eigenvalue weighted by atomic mass is 10.1. The summed E-state index contributed by atoms with van der Waals surface area (Å²) in [4.78, 5) is 17.3. The molecular weight excluding hydrogens is 400 g/mol. The van der Waals surface area contributed by atoms with Gasteiger partial charge in [0.15, 0.2) is 9.84 Å². The first-order valence-corrected chi connectivity index (χ1v) is 12.0. The summed E-state index contributed by atoms with van der Waals surface area (Å²) in [6.45, 7) is 2.74. The average Bonchev–Trinajstić information content (AvgIpc) is 3.29. The molecular formula is C23H28N2O4S. The first kappa shape index (κ1) is 20.9. The van der Waals surface area contributed by atoms with Gasteiger partial charge in [0, 0.05) is 44.5 Å². The van der Waals surface area contributed by atoms with Crippen LogP contribution < -0.4 is 4.90 Å². The first-order chi connectivity index (χ1) is 14.5. The van der Waals surface area contributed by atoms with E-state index in [1.807, 2.05) is 30.3 Å². The summed E-state index contributed by atoms with van der Waals surface area (Å²) in [6.07, 6.45) is 2.21. The highest BCUT2D eigenvalue weighted by Gasteiger charge is 2.33. The van der Waals surface area contributed by atoms with Crippen molar-refractivity contribution in [1.82, 2.24) is 4.90 Å². The van der Waals surface area contributed by atoms with Gasteiger partial charge in [-0.1, -0.05) is 18.2 Å². The zero-order valence-electron chi connectivity index (χ0n) is 17.2. The van der Waals surface area contributed by atoms with Crippen LogP contribution in [0.25, 0.3) is 0 Å². The largest absolute Gasteiger partial charge is 0.380 e. The van der Waals surface area contributed by atoms with E-state index >= 15 is 0 Å². The van der Waals surface area contributed by atoms with E-state index in [9.17, 15) is 13.2 Å². The number of methoxy groups -OCH3 is 1. The van der Waals surface area contributed by atoms with Crippen LogP contribution in [0.2, 0.25) is 0 Å². The maximum atomic E-state index is 12.9. The zero-order chi connectivity index (χ0) is 21.1. The molecule has 0 unspecified atom stereocenters. The molecule has 2 aliphatic heterocycles. The number of likely N-dealkylation sites (tertiary alicyclic amines) is 1. The molecule has 4 rings (SSSR count). The topological polar surface area (TPSA) is 66.9 Å². The van der Waals surface area contributed by atoms with Gasteiger partial charge >= 0.3 is 0 Å². The Morgan fingerprint density at radius 1 is 0.933 bits per heavy atom. The Bertz CT molecular complexity index is 968. The normalized spacial score (nSPS) is 20.5. The third-order valence-corrected chi connectivity index (χ3v) is 8.48. The fraction of sp³-hybridized carbons (Fsp3) is 0.435. The fourth-order valence-electron chi connectivity index (χ4n) is 4.32. The van der Waals surface area contributed by atoms with Crippen LogP contribution in [0.3, 0.4) is 0 Å². The van der Waals surface area contributed by atoms with Crippen molar-refractivity contribution < 1.29 is 17.9 Å². The predicted octanol–water partition coefficient (Wildman–Crippen LogP) is 2.99. The van der Waals surface area contributed by atoms with Crippen molar-refractivity contribution in [3.63, 3.8) is 0 Å². The van der Waals surface area contributed by atoms with Gasteiger partial charge in [0.05, 0.1) is 16.2 Å². The second-order valence-corrected chi connectivity index (χ2v) is 10.2. The van der Waals surface area contributed by atoms with Crippen molar-refractivity contribution in [2.24, 2.45) is 0 Å². The highest BCUT2D eigenvalue weighted by molar-refractivity contribution is 7.92. The molecule has 160 valence electrons. The van der Waals surface area contributed by atoms with Crippen molar-refractivity contribution in [1.29, 1.82) is 0 Å². The summed E-state index contributed by atoms with van der Waals surface area (Å²) in [5, 5.41) is -0.435. The van der Waals surface area contributed by atoms with Gasteiger partial charge in [-0.15, -0.1) is 0 Å². The monoisotopic (exact) mass is 428 g/mol. The summed E-state index contributed by atoms with van der Waals surface area (Å²) >= 11 is 0. The van der Waals surface area contributed by atoms with E-state index in [1.165, 1.54) is 0 Å². The van der Waals surface area contributed by atoms with E-state index in [0.29, 0.717) is 36.4 Å². The van der Waals surface area contributed by atoms with Gasteiger partial charge in [0.25, 0.3) is 5.91 Å². The van der Waals surface area contributed by atoms with E-state index in [4.69, 9.17) is 4.74 Å². The molecule has 6 nitrogen and oxygen atoms in total. The van der Waals surface area contributed by atoms with E-state index in [0.717, 1.165) is 25.2 Å². The fourth-order valence-corrected chi connectivity index (χ4v) is 6.08. The standard InChI is InChI=1S/C23H28N2O4S/c1-29-20-11-14-25(17-20)19-9-7-18(8-10-19)23(26)24-15-12-22(13-16-24)30(27,28)21-5-3-2-4-6-21/h2-10,20,22H,11-17H2,1H3/t20-/m0/s1. The molecule has 2 aromatic carbocycles. The van der Waals surface area contributed by atoms with Gasteiger partial charge in [0.2, 0.25) is 0 Å².